The second-order valence-corrected chi connectivity index (χ2v) is 8.41. The summed E-state index contributed by atoms with van der Waals surface area (Å²) in [6.07, 6.45) is 4.95. The molecular formula is C25H29FN6O2. The lowest BCUT2D eigenvalue weighted by atomic mass is 10.1. The highest BCUT2D eigenvalue weighted by atomic mass is 19.1. The maximum Gasteiger partial charge on any atom is 0.274 e. The summed E-state index contributed by atoms with van der Waals surface area (Å²) < 4.78 is 23.9. The van der Waals surface area contributed by atoms with Crippen molar-refractivity contribution >= 4 is 11.6 Å². The number of pyridine rings is 1. The van der Waals surface area contributed by atoms with E-state index in [1.807, 2.05) is 42.9 Å². The molecule has 0 bridgehead atoms. The van der Waals surface area contributed by atoms with Gasteiger partial charge in [0.05, 0.1) is 6.61 Å². The average molecular weight is 465 g/mol. The Labute approximate surface area is 197 Å². The molecule has 178 valence electrons. The normalized spacial score (nSPS) is 11.2. The zero-order chi connectivity index (χ0) is 24.4. The van der Waals surface area contributed by atoms with Gasteiger partial charge in [-0.05, 0) is 37.7 Å². The van der Waals surface area contributed by atoms with Crippen molar-refractivity contribution in [2.45, 2.75) is 19.8 Å². The lowest BCUT2D eigenvalue weighted by Crippen LogP contribution is -2.23. The molecule has 0 atom stereocenters. The number of rotatable bonds is 8. The van der Waals surface area contributed by atoms with Crippen LogP contribution >= 0.6 is 0 Å². The SMILES string of the molecule is Cc1c(CCOc2cc(F)ccc2-c2ccc3ncc(CCN)n3c2)c(C(=O)N(C)C)nn1C. The topological polar surface area (TPSA) is 90.7 Å². The second-order valence-electron chi connectivity index (χ2n) is 8.41. The summed E-state index contributed by atoms with van der Waals surface area (Å²) in [5.41, 5.74) is 11.3. The Bertz CT molecular complexity index is 1340. The van der Waals surface area contributed by atoms with E-state index >= 15 is 0 Å². The minimum atomic E-state index is -0.382. The van der Waals surface area contributed by atoms with E-state index in [0.29, 0.717) is 30.8 Å². The molecule has 3 aromatic heterocycles. The van der Waals surface area contributed by atoms with E-state index in [1.165, 1.54) is 17.0 Å². The van der Waals surface area contributed by atoms with E-state index in [1.54, 1.807) is 24.8 Å². The Morgan fingerprint density at radius 2 is 2.00 bits per heavy atom. The first kappa shape index (κ1) is 23.4. The number of aromatic nitrogens is 4. The van der Waals surface area contributed by atoms with Gasteiger partial charge in [0.1, 0.15) is 17.2 Å². The van der Waals surface area contributed by atoms with Gasteiger partial charge >= 0.3 is 0 Å². The van der Waals surface area contributed by atoms with Gasteiger partial charge in [0.25, 0.3) is 5.91 Å². The Morgan fingerprint density at radius 1 is 1.21 bits per heavy atom. The molecule has 0 radical (unpaired) electrons. The van der Waals surface area contributed by atoms with Crippen LogP contribution in [0.3, 0.4) is 0 Å². The molecular weight excluding hydrogens is 435 g/mol. The number of halogens is 1. The van der Waals surface area contributed by atoms with Gasteiger partial charge in [-0.3, -0.25) is 9.48 Å². The number of ether oxygens (including phenoxy) is 1. The van der Waals surface area contributed by atoms with Crippen LogP contribution in [0.15, 0.2) is 42.7 Å². The maximum absolute atomic E-state index is 14.1. The van der Waals surface area contributed by atoms with Crippen LogP contribution in [0.25, 0.3) is 16.8 Å². The van der Waals surface area contributed by atoms with E-state index in [0.717, 1.165) is 33.7 Å². The van der Waals surface area contributed by atoms with Crippen LogP contribution < -0.4 is 10.5 Å². The molecule has 0 spiro atoms. The minimum absolute atomic E-state index is 0.160. The highest BCUT2D eigenvalue weighted by Gasteiger charge is 2.21. The van der Waals surface area contributed by atoms with Crippen LogP contribution in [0, 0.1) is 12.7 Å². The van der Waals surface area contributed by atoms with Crippen molar-refractivity contribution < 1.29 is 13.9 Å². The van der Waals surface area contributed by atoms with E-state index < -0.39 is 0 Å². The largest absolute Gasteiger partial charge is 0.492 e. The molecule has 0 saturated heterocycles. The second kappa shape index (κ2) is 9.64. The number of benzene rings is 1. The maximum atomic E-state index is 14.1. The number of carbonyl (C=O) groups excluding carboxylic acids is 1. The molecule has 9 heteroatoms. The van der Waals surface area contributed by atoms with Gasteiger partial charge in [-0.1, -0.05) is 0 Å². The monoisotopic (exact) mass is 464 g/mol. The zero-order valence-corrected chi connectivity index (χ0v) is 19.9. The van der Waals surface area contributed by atoms with Crippen molar-refractivity contribution in [3.8, 4) is 16.9 Å². The first-order chi connectivity index (χ1) is 16.3. The number of imidazole rings is 1. The predicted molar refractivity (Wildman–Crippen MR) is 129 cm³/mol. The van der Waals surface area contributed by atoms with E-state index in [9.17, 15) is 9.18 Å². The first-order valence-electron chi connectivity index (χ1n) is 11.1. The Kier molecular flexibility index (Phi) is 6.65. The molecule has 0 aliphatic carbocycles. The average Bonchev–Trinajstić information content (AvgIpc) is 3.34. The predicted octanol–water partition coefficient (Wildman–Crippen LogP) is 3.01. The summed E-state index contributed by atoms with van der Waals surface area (Å²) in [4.78, 5) is 18.5. The molecule has 0 saturated carbocycles. The lowest BCUT2D eigenvalue weighted by Gasteiger charge is -2.14. The molecule has 2 N–H and O–H groups in total. The fourth-order valence-corrected chi connectivity index (χ4v) is 3.98. The van der Waals surface area contributed by atoms with E-state index in [-0.39, 0.29) is 18.3 Å². The van der Waals surface area contributed by atoms with Gasteiger partial charge in [-0.15, -0.1) is 0 Å². The van der Waals surface area contributed by atoms with Crippen LogP contribution in [0.5, 0.6) is 5.75 Å². The van der Waals surface area contributed by atoms with Crippen LogP contribution in [-0.4, -0.2) is 57.2 Å². The highest BCUT2D eigenvalue weighted by Crippen LogP contribution is 2.31. The lowest BCUT2D eigenvalue weighted by molar-refractivity contribution is 0.0820. The van der Waals surface area contributed by atoms with Gasteiger partial charge in [-0.2, -0.15) is 5.10 Å². The molecule has 1 aromatic carbocycles. The van der Waals surface area contributed by atoms with Crippen molar-refractivity contribution in [1.29, 1.82) is 0 Å². The van der Waals surface area contributed by atoms with Crippen molar-refractivity contribution in [1.82, 2.24) is 24.1 Å². The molecule has 3 heterocycles. The standard InChI is InChI=1S/C25H29FN6O2/c1-16-20(24(29-31(16)4)25(33)30(2)3)10-12-34-22-13-18(26)6-7-21(22)17-5-8-23-28-14-19(9-11-27)32(23)15-17/h5-8,13-15H,9-12,27H2,1-4H3. The zero-order valence-electron chi connectivity index (χ0n) is 19.9. The van der Waals surface area contributed by atoms with Crippen LogP contribution in [0.4, 0.5) is 4.39 Å². The summed E-state index contributed by atoms with van der Waals surface area (Å²) in [5, 5.41) is 4.38. The van der Waals surface area contributed by atoms with Crippen molar-refractivity contribution in [2.75, 3.05) is 27.2 Å². The number of nitrogens with two attached hydrogens (primary N) is 1. The number of aryl methyl sites for hydroxylation is 1. The van der Waals surface area contributed by atoms with Crippen molar-refractivity contribution in [3.05, 3.63) is 71.2 Å². The summed E-state index contributed by atoms with van der Waals surface area (Å²) in [6, 6.07) is 8.37. The van der Waals surface area contributed by atoms with Gasteiger partial charge in [0.2, 0.25) is 0 Å². The third-order valence-electron chi connectivity index (χ3n) is 5.91. The summed E-state index contributed by atoms with van der Waals surface area (Å²) in [7, 11) is 5.20. The molecule has 0 aliphatic heterocycles. The van der Waals surface area contributed by atoms with Gasteiger partial charge < -0.3 is 19.8 Å². The molecule has 8 nitrogen and oxygen atoms in total. The van der Waals surface area contributed by atoms with E-state index in [4.69, 9.17) is 10.5 Å². The third-order valence-corrected chi connectivity index (χ3v) is 5.91. The summed E-state index contributed by atoms with van der Waals surface area (Å²) in [5.74, 6) is -0.110. The quantitative estimate of drug-likeness (QED) is 0.433. The minimum Gasteiger partial charge on any atom is -0.492 e. The van der Waals surface area contributed by atoms with Crippen LogP contribution in [0.2, 0.25) is 0 Å². The smallest absolute Gasteiger partial charge is 0.274 e. The summed E-state index contributed by atoms with van der Waals surface area (Å²) >= 11 is 0. The third kappa shape index (κ3) is 4.51. The van der Waals surface area contributed by atoms with E-state index in [2.05, 4.69) is 10.1 Å². The molecule has 1 amide bonds. The molecule has 0 fully saturated rings. The van der Waals surface area contributed by atoms with Crippen LogP contribution in [-0.2, 0) is 19.9 Å². The summed E-state index contributed by atoms with van der Waals surface area (Å²) in [6.45, 7) is 2.71. The number of fused-ring (bicyclic) bond motifs is 1. The van der Waals surface area contributed by atoms with Crippen LogP contribution in [0.1, 0.15) is 27.4 Å². The molecule has 0 aliphatic rings. The van der Waals surface area contributed by atoms with Gasteiger partial charge in [0.15, 0.2) is 5.69 Å². The fourth-order valence-electron chi connectivity index (χ4n) is 3.98. The van der Waals surface area contributed by atoms with Gasteiger partial charge in [0, 0.05) is 80.5 Å². The number of carbonyl (C=O) groups is 1. The number of amides is 1. The Balaban J connectivity index is 1.61. The number of nitrogens with zero attached hydrogens (tertiary/aromatic N) is 5. The number of hydrogen-bond donors (Lipinski definition) is 1. The molecule has 34 heavy (non-hydrogen) atoms. The van der Waals surface area contributed by atoms with Gasteiger partial charge in [-0.25, -0.2) is 9.37 Å². The van der Waals surface area contributed by atoms with Crippen molar-refractivity contribution in [3.63, 3.8) is 0 Å². The Hall–Kier alpha value is -3.72. The molecule has 4 rings (SSSR count). The highest BCUT2D eigenvalue weighted by molar-refractivity contribution is 5.93. The molecule has 4 aromatic rings. The first-order valence-corrected chi connectivity index (χ1v) is 11.1. The number of hydrogen-bond acceptors (Lipinski definition) is 5. The van der Waals surface area contributed by atoms with Crippen molar-refractivity contribution in [2.24, 2.45) is 12.8 Å². The molecule has 0 unspecified atom stereocenters. The Morgan fingerprint density at radius 3 is 2.74 bits per heavy atom. The fraction of sp³-hybridized carbons (Fsp3) is 0.320.